The van der Waals surface area contributed by atoms with Crippen LogP contribution in [0, 0.1) is 0 Å². The summed E-state index contributed by atoms with van der Waals surface area (Å²) in [4.78, 5) is 29.2. The van der Waals surface area contributed by atoms with Crippen LogP contribution in [0.3, 0.4) is 0 Å². The number of likely N-dealkylation sites (tertiary alicyclic amines) is 1. The summed E-state index contributed by atoms with van der Waals surface area (Å²) in [7, 11) is 1.62. The Balaban J connectivity index is 2.03. The number of carbonyl (C=O) groups excluding carboxylic acids is 2. The number of nitrogens with one attached hydrogen (secondary N) is 1. The van der Waals surface area contributed by atoms with Crippen molar-refractivity contribution in [2.45, 2.75) is 32.7 Å². The Morgan fingerprint density at radius 1 is 1.26 bits per heavy atom. The molecule has 1 aromatic carbocycles. The van der Waals surface area contributed by atoms with E-state index in [4.69, 9.17) is 4.74 Å². The molecule has 1 aliphatic heterocycles. The Morgan fingerprint density at radius 3 is 2.61 bits per heavy atom. The van der Waals surface area contributed by atoms with Gasteiger partial charge in [-0.2, -0.15) is 0 Å². The molecule has 0 saturated carbocycles. The van der Waals surface area contributed by atoms with Crippen LogP contribution in [0.2, 0.25) is 0 Å². The number of methoxy groups -OCH3 is 1. The molecular weight excluding hydrogens is 292 g/mol. The maximum atomic E-state index is 12.5. The highest BCUT2D eigenvalue weighted by Crippen LogP contribution is 2.30. The average molecular weight is 312 g/mol. The highest BCUT2D eigenvalue weighted by molar-refractivity contribution is 6.16. The topological polar surface area (TPSA) is 62.4 Å². The van der Waals surface area contributed by atoms with Crippen LogP contribution < -0.4 is 4.74 Å². The quantitative estimate of drug-likeness (QED) is 0.684. The number of rotatable bonds is 2. The third-order valence-electron chi connectivity index (χ3n) is 3.99. The van der Waals surface area contributed by atoms with Gasteiger partial charge >= 0.3 is 0 Å². The van der Waals surface area contributed by atoms with Crippen molar-refractivity contribution in [3.63, 3.8) is 0 Å². The standard InChI is InChI=1S/C18H20N2O3/c1-18(2,3)20-16(21)8-11(17(20)22)7-12-10-19-15-6-5-13(23-4)9-14(12)15/h5-7,9-10,19H,8H2,1-4H3. The van der Waals surface area contributed by atoms with E-state index in [1.54, 1.807) is 13.2 Å². The van der Waals surface area contributed by atoms with Gasteiger partial charge in [-0.15, -0.1) is 0 Å². The number of benzene rings is 1. The van der Waals surface area contributed by atoms with Gasteiger partial charge in [0.15, 0.2) is 0 Å². The molecule has 0 unspecified atom stereocenters. The molecule has 0 atom stereocenters. The summed E-state index contributed by atoms with van der Waals surface area (Å²) in [5.41, 5.74) is 1.86. The predicted molar refractivity (Wildman–Crippen MR) is 89.1 cm³/mol. The molecule has 1 N–H and O–H groups in total. The molecule has 3 rings (SSSR count). The first-order chi connectivity index (χ1) is 10.8. The van der Waals surface area contributed by atoms with Crippen LogP contribution in [0.5, 0.6) is 5.75 Å². The lowest BCUT2D eigenvalue weighted by atomic mass is 10.1. The number of imide groups is 1. The van der Waals surface area contributed by atoms with Gasteiger partial charge in [-0.3, -0.25) is 14.5 Å². The second kappa shape index (κ2) is 5.26. The van der Waals surface area contributed by atoms with E-state index in [2.05, 4.69) is 4.98 Å². The van der Waals surface area contributed by atoms with Crippen molar-refractivity contribution in [3.05, 3.63) is 35.5 Å². The highest BCUT2D eigenvalue weighted by Gasteiger charge is 2.40. The molecule has 5 heteroatoms. The molecule has 120 valence electrons. The normalized spacial score (nSPS) is 17.6. The van der Waals surface area contributed by atoms with E-state index >= 15 is 0 Å². The molecule has 0 radical (unpaired) electrons. The summed E-state index contributed by atoms with van der Waals surface area (Å²) in [5.74, 6) is 0.396. The fraction of sp³-hybridized carbons (Fsp3) is 0.333. The van der Waals surface area contributed by atoms with Crippen LogP contribution in [-0.2, 0) is 9.59 Å². The molecule has 1 fully saturated rings. The van der Waals surface area contributed by atoms with Crippen molar-refractivity contribution in [2.75, 3.05) is 7.11 Å². The van der Waals surface area contributed by atoms with Crippen molar-refractivity contribution in [1.82, 2.24) is 9.88 Å². The number of amides is 2. The zero-order chi connectivity index (χ0) is 16.8. The number of fused-ring (bicyclic) bond motifs is 1. The molecule has 0 aliphatic carbocycles. The Labute approximate surface area is 134 Å². The first-order valence-corrected chi connectivity index (χ1v) is 7.54. The van der Waals surface area contributed by atoms with Crippen LogP contribution in [0.1, 0.15) is 32.8 Å². The van der Waals surface area contributed by atoms with Gasteiger partial charge in [0.25, 0.3) is 5.91 Å². The van der Waals surface area contributed by atoms with Gasteiger partial charge in [-0.05, 0) is 45.0 Å². The zero-order valence-corrected chi connectivity index (χ0v) is 13.8. The van der Waals surface area contributed by atoms with E-state index < -0.39 is 5.54 Å². The van der Waals surface area contributed by atoms with Gasteiger partial charge in [0, 0.05) is 33.8 Å². The van der Waals surface area contributed by atoms with Gasteiger partial charge in [0.05, 0.1) is 13.5 Å². The molecule has 5 nitrogen and oxygen atoms in total. The van der Waals surface area contributed by atoms with E-state index in [0.717, 1.165) is 22.2 Å². The molecular formula is C18H20N2O3. The van der Waals surface area contributed by atoms with E-state index in [0.29, 0.717) is 5.57 Å². The van der Waals surface area contributed by atoms with Crippen LogP contribution in [0.4, 0.5) is 0 Å². The Kier molecular flexibility index (Phi) is 3.51. The van der Waals surface area contributed by atoms with E-state index in [1.165, 1.54) is 4.90 Å². The molecule has 1 saturated heterocycles. The molecule has 23 heavy (non-hydrogen) atoms. The lowest BCUT2D eigenvalue weighted by Crippen LogP contribution is -2.44. The van der Waals surface area contributed by atoms with Crippen molar-refractivity contribution in [3.8, 4) is 5.75 Å². The van der Waals surface area contributed by atoms with Crippen LogP contribution in [0.15, 0.2) is 30.0 Å². The second-order valence-corrected chi connectivity index (χ2v) is 6.71. The van der Waals surface area contributed by atoms with Gasteiger partial charge in [0.2, 0.25) is 5.91 Å². The van der Waals surface area contributed by atoms with Gasteiger partial charge in [-0.25, -0.2) is 0 Å². The molecule has 2 aromatic rings. The summed E-state index contributed by atoms with van der Waals surface area (Å²) in [6.07, 6.45) is 3.78. The number of H-pyrrole nitrogens is 1. The first-order valence-electron chi connectivity index (χ1n) is 7.54. The maximum Gasteiger partial charge on any atom is 0.257 e. The minimum absolute atomic E-state index is 0.146. The fourth-order valence-electron chi connectivity index (χ4n) is 2.92. The average Bonchev–Trinajstić information content (AvgIpc) is 2.99. The number of ether oxygens (including phenoxy) is 1. The number of aromatic amines is 1. The third kappa shape index (κ3) is 2.63. The largest absolute Gasteiger partial charge is 0.497 e. The van der Waals surface area contributed by atoms with Crippen LogP contribution in [-0.4, -0.2) is 34.3 Å². The molecule has 0 spiro atoms. The Hall–Kier alpha value is -2.56. The fourth-order valence-corrected chi connectivity index (χ4v) is 2.92. The maximum absolute atomic E-state index is 12.5. The minimum atomic E-state index is -0.507. The van der Waals surface area contributed by atoms with E-state index in [9.17, 15) is 9.59 Å². The Bertz CT molecular complexity index is 824. The van der Waals surface area contributed by atoms with Crippen LogP contribution in [0.25, 0.3) is 17.0 Å². The third-order valence-corrected chi connectivity index (χ3v) is 3.99. The van der Waals surface area contributed by atoms with Crippen molar-refractivity contribution >= 4 is 28.8 Å². The van der Waals surface area contributed by atoms with Crippen molar-refractivity contribution in [2.24, 2.45) is 0 Å². The minimum Gasteiger partial charge on any atom is -0.497 e. The summed E-state index contributed by atoms with van der Waals surface area (Å²) < 4.78 is 5.25. The molecule has 2 heterocycles. The van der Waals surface area contributed by atoms with Gasteiger partial charge in [-0.1, -0.05) is 0 Å². The SMILES string of the molecule is COc1ccc2[nH]cc(C=C3CC(=O)N(C(C)(C)C)C3=O)c2c1. The molecule has 0 bridgehead atoms. The summed E-state index contributed by atoms with van der Waals surface area (Å²) in [5, 5.41) is 0.964. The number of hydrogen-bond donors (Lipinski definition) is 1. The lowest BCUT2D eigenvalue weighted by Gasteiger charge is -2.29. The smallest absolute Gasteiger partial charge is 0.257 e. The van der Waals surface area contributed by atoms with Gasteiger partial charge in [0.1, 0.15) is 5.75 Å². The number of carbonyl (C=O) groups is 2. The number of aromatic nitrogens is 1. The van der Waals surface area contributed by atoms with Crippen molar-refractivity contribution in [1.29, 1.82) is 0 Å². The van der Waals surface area contributed by atoms with E-state index in [-0.39, 0.29) is 18.2 Å². The number of hydrogen-bond acceptors (Lipinski definition) is 3. The lowest BCUT2D eigenvalue weighted by molar-refractivity contribution is -0.142. The second-order valence-electron chi connectivity index (χ2n) is 6.71. The summed E-state index contributed by atoms with van der Waals surface area (Å²) in [6.45, 7) is 5.59. The molecule has 1 aromatic heterocycles. The summed E-state index contributed by atoms with van der Waals surface area (Å²) >= 11 is 0. The number of nitrogens with zero attached hydrogens (tertiary/aromatic N) is 1. The first kappa shape index (κ1) is 15.3. The van der Waals surface area contributed by atoms with Gasteiger partial charge < -0.3 is 9.72 Å². The molecule has 1 aliphatic rings. The zero-order valence-electron chi connectivity index (χ0n) is 13.8. The highest BCUT2D eigenvalue weighted by atomic mass is 16.5. The summed E-state index contributed by atoms with van der Waals surface area (Å²) in [6, 6.07) is 5.72. The monoisotopic (exact) mass is 312 g/mol. The Morgan fingerprint density at radius 2 is 2.00 bits per heavy atom. The van der Waals surface area contributed by atoms with E-state index in [1.807, 2.05) is 45.2 Å². The predicted octanol–water partition coefficient (Wildman–Crippen LogP) is 3.12. The van der Waals surface area contributed by atoms with Crippen molar-refractivity contribution < 1.29 is 14.3 Å². The van der Waals surface area contributed by atoms with Crippen LogP contribution >= 0.6 is 0 Å². The molecule has 2 amide bonds.